The number of nitrogens with one attached hydrogen (secondary N) is 1. The standard InChI is InChI=1S/C18H18ClNO4S/c1-12-7-8-13(19)15(9-12)23-11-18(22)24-10-17(21)20-14-5-3-4-6-16(14)25-2/h3-9H,10-11H2,1-2H3,(H,20,21). The number of rotatable bonds is 7. The SMILES string of the molecule is CSc1ccccc1NC(=O)COC(=O)COc1cc(C)ccc1Cl. The fourth-order valence-corrected chi connectivity index (χ4v) is 2.71. The van der Waals surface area contributed by atoms with Gasteiger partial charge < -0.3 is 14.8 Å². The molecule has 0 aliphatic rings. The van der Waals surface area contributed by atoms with Crippen molar-refractivity contribution < 1.29 is 19.1 Å². The topological polar surface area (TPSA) is 64.6 Å². The number of aryl methyl sites for hydroxylation is 1. The minimum Gasteiger partial charge on any atom is -0.480 e. The first-order valence-corrected chi connectivity index (χ1v) is 9.07. The van der Waals surface area contributed by atoms with Gasteiger partial charge in [0.05, 0.1) is 10.7 Å². The Morgan fingerprint density at radius 2 is 1.92 bits per heavy atom. The van der Waals surface area contributed by atoms with E-state index in [1.165, 1.54) is 11.8 Å². The summed E-state index contributed by atoms with van der Waals surface area (Å²) in [4.78, 5) is 24.5. The second kappa shape index (κ2) is 9.34. The molecule has 0 unspecified atom stereocenters. The molecule has 132 valence electrons. The molecule has 0 atom stereocenters. The molecule has 2 aromatic rings. The van der Waals surface area contributed by atoms with Crippen LogP contribution in [-0.2, 0) is 14.3 Å². The first-order valence-electron chi connectivity index (χ1n) is 7.47. The lowest BCUT2D eigenvalue weighted by atomic mass is 10.2. The highest BCUT2D eigenvalue weighted by molar-refractivity contribution is 7.98. The Balaban J connectivity index is 1.79. The highest BCUT2D eigenvalue weighted by atomic mass is 35.5. The Bertz CT molecular complexity index is 766. The molecule has 7 heteroatoms. The molecule has 0 saturated heterocycles. The minimum atomic E-state index is -0.647. The van der Waals surface area contributed by atoms with E-state index in [0.717, 1.165) is 10.5 Å². The summed E-state index contributed by atoms with van der Waals surface area (Å²) < 4.78 is 10.2. The first-order chi connectivity index (χ1) is 12.0. The number of amides is 1. The maximum absolute atomic E-state index is 11.9. The van der Waals surface area contributed by atoms with Crippen molar-refractivity contribution in [2.75, 3.05) is 24.8 Å². The zero-order chi connectivity index (χ0) is 18.2. The largest absolute Gasteiger partial charge is 0.480 e. The van der Waals surface area contributed by atoms with Gasteiger partial charge in [-0.15, -0.1) is 11.8 Å². The van der Waals surface area contributed by atoms with Crippen molar-refractivity contribution in [1.29, 1.82) is 0 Å². The molecule has 2 rings (SSSR count). The summed E-state index contributed by atoms with van der Waals surface area (Å²) in [5.74, 6) is -0.661. The summed E-state index contributed by atoms with van der Waals surface area (Å²) in [6.45, 7) is 1.18. The van der Waals surface area contributed by atoms with E-state index in [2.05, 4.69) is 5.32 Å². The van der Waals surface area contributed by atoms with E-state index in [1.807, 2.05) is 37.4 Å². The van der Waals surface area contributed by atoms with Crippen LogP contribution in [0.2, 0.25) is 5.02 Å². The van der Waals surface area contributed by atoms with Crippen LogP contribution >= 0.6 is 23.4 Å². The number of benzene rings is 2. The van der Waals surface area contributed by atoms with E-state index < -0.39 is 11.9 Å². The molecular formula is C18H18ClNO4S. The van der Waals surface area contributed by atoms with Gasteiger partial charge in [-0.3, -0.25) is 4.79 Å². The quantitative estimate of drug-likeness (QED) is 0.583. The Labute approximate surface area is 155 Å². The Morgan fingerprint density at radius 3 is 2.68 bits per heavy atom. The summed E-state index contributed by atoms with van der Waals surface area (Å²) in [5.41, 5.74) is 1.64. The van der Waals surface area contributed by atoms with Crippen molar-refractivity contribution in [3.63, 3.8) is 0 Å². The van der Waals surface area contributed by atoms with E-state index in [1.54, 1.807) is 18.2 Å². The molecule has 0 spiro atoms. The molecule has 5 nitrogen and oxygen atoms in total. The molecule has 0 aliphatic heterocycles. The van der Waals surface area contributed by atoms with E-state index in [0.29, 0.717) is 16.5 Å². The van der Waals surface area contributed by atoms with E-state index in [4.69, 9.17) is 21.1 Å². The van der Waals surface area contributed by atoms with Crippen LogP contribution in [0.25, 0.3) is 0 Å². The fourth-order valence-electron chi connectivity index (χ4n) is 1.98. The molecule has 0 aliphatic carbocycles. The van der Waals surface area contributed by atoms with Crippen LogP contribution in [0.3, 0.4) is 0 Å². The molecule has 0 saturated carbocycles. The van der Waals surface area contributed by atoms with Gasteiger partial charge in [0, 0.05) is 4.90 Å². The van der Waals surface area contributed by atoms with Crippen molar-refractivity contribution in [2.45, 2.75) is 11.8 Å². The van der Waals surface area contributed by atoms with Gasteiger partial charge in [-0.25, -0.2) is 4.79 Å². The summed E-state index contributed by atoms with van der Waals surface area (Å²) >= 11 is 7.50. The molecule has 0 aromatic heterocycles. The molecule has 25 heavy (non-hydrogen) atoms. The van der Waals surface area contributed by atoms with Crippen LogP contribution < -0.4 is 10.1 Å². The summed E-state index contributed by atoms with van der Waals surface area (Å²) in [6, 6.07) is 12.6. The first kappa shape index (κ1) is 19.1. The Hall–Kier alpha value is -2.18. The molecule has 0 bridgehead atoms. The maximum Gasteiger partial charge on any atom is 0.344 e. The van der Waals surface area contributed by atoms with E-state index in [9.17, 15) is 9.59 Å². The number of carbonyl (C=O) groups excluding carboxylic acids is 2. The van der Waals surface area contributed by atoms with Crippen molar-refractivity contribution in [3.8, 4) is 5.75 Å². The Morgan fingerprint density at radius 1 is 1.16 bits per heavy atom. The predicted molar refractivity (Wildman–Crippen MR) is 99.5 cm³/mol. The average Bonchev–Trinajstić information content (AvgIpc) is 2.61. The third-order valence-corrected chi connectivity index (χ3v) is 4.29. The molecule has 2 aromatic carbocycles. The van der Waals surface area contributed by atoms with Crippen molar-refractivity contribution in [3.05, 3.63) is 53.1 Å². The number of hydrogen-bond acceptors (Lipinski definition) is 5. The third-order valence-electron chi connectivity index (χ3n) is 3.18. The second-order valence-corrected chi connectivity index (χ2v) is 6.39. The number of anilines is 1. The molecule has 1 N–H and O–H groups in total. The van der Waals surface area contributed by atoms with Crippen LogP contribution in [0.4, 0.5) is 5.69 Å². The minimum absolute atomic E-state index is 0.322. The molecule has 0 heterocycles. The van der Waals surface area contributed by atoms with E-state index in [-0.39, 0.29) is 13.2 Å². The van der Waals surface area contributed by atoms with Crippen molar-refractivity contribution in [2.24, 2.45) is 0 Å². The van der Waals surface area contributed by atoms with E-state index >= 15 is 0 Å². The van der Waals surface area contributed by atoms with Crippen LogP contribution in [0.15, 0.2) is 47.4 Å². The second-order valence-electron chi connectivity index (χ2n) is 5.13. The van der Waals surface area contributed by atoms with Gasteiger partial charge in [-0.05, 0) is 43.0 Å². The maximum atomic E-state index is 11.9. The third kappa shape index (κ3) is 5.99. The zero-order valence-electron chi connectivity index (χ0n) is 13.9. The van der Waals surface area contributed by atoms with Gasteiger partial charge in [0.2, 0.25) is 0 Å². The summed E-state index contributed by atoms with van der Waals surface area (Å²) in [6.07, 6.45) is 1.92. The van der Waals surface area contributed by atoms with Gasteiger partial charge in [0.25, 0.3) is 5.91 Å². The van der Waals surface area contributed by atoms with Gasteiger partial charge in [-0.2, -0.15) is 0 Å². The normalized spacial score (nSPS) is 10.2. The smallest absolute Gasteiger partial charge is 0.344 e. The lowest BCUT2D eigenvalue weighted by Gasteiger charge is -2.10. The monoisotopic (exact) mass is 379 g/mol. The van der Waals surface area contributed by atoms with Crippen LogP contribution in [0, 0.1) is 6.92 Å². The van der Waals surface area contributed by atoms with Crippen molar-refractivity contribution >= 4 is 40.9 Å². The summed E-state index contributed by atoms with van der Waals surface area (Å²) in [7, 11) is 0. The van der Waals surface area contributed by atoms with Crippen molar-refractivity contribution in [1.82, 2.24) is 0 Å². The highest BCUT2D eigenvalue weighted by Crippen LogP contribution is 2.25. The number of carbonyl (C=O) groups is 2. The van der Waals surface area contributed by atoms with Gasteiger partial charge in [0.1, 0.15) is 5.75 Å². The Kier molecular flexibility index (Phi) is 7.16. The van der Waals surface area contributed by atoms with Gasteiger partial charge in [-0.1, -0.05) is 29.8 Å². The van der Waals surface area contributed by atoms with Crippen LogP contribution in [0.5, 0.6) is 5.75 Å². The number of para-hydroxylation sites is 1. The number of hydrogen-bond donors (Lipinski definition) is 1. The average molecular weight is 380 g/mol. The highest BCUT2D eigenvalue weighted by Gasteiger charge is 2.11. The summed E-state index contributed by atoms with van der Waals surface area (Å²) in [5, 5.41) is 3.12. The number of thioether (sulfide) groups is 1. The molecule has 0 radical (unpaired) electrons. The fraction of sp³-hybridized carbons (Fsp3) is 0.222. The van der Waals surface area contributed by atoms with Crippen LogP contribution in [-0.4, -0.2) is 31.3 Å². The lowest BCUT2D eigenvalue weighted by Crippen LogP contribution is -2.23. The van der Waals surface area contributed by atoms with Gasteiger partial charge >= 0.3 is 5.97 Å². The molecule has 1 amide bonds. The van der Waals surface area contributed by atoms with Gasteiger partial charge in [0.15, 0.2) is 13.2 Å². The number of ether oxygens (including phenoxy) is 2. The zero-order valence-corrected chi connectivity index (χ0v) is 15.4. The van der Waals surface area contributed by atoms with Crippen LogP contribution in [0.1, 0.15) is 5.56 Å². The lowest BCUT2D eigenvalue weighted by molar-refractivity contribution is -0.149. The number of halogens is 1. The molecule has 0 fully saturated rings. The molecular weight excluding hydrogens is 362 g/mol. The number of esters is 1. The predicted octanol–water partition coefficient (Wildman–Crippen LogP) is 3.93.